The average molecular weight is 1050 g/mol. The van der Waals surface area contributed by atoms with Gasteiger partial charge in [0.25, 0.3) is 5.91 Å². The second kappa shape index (κ2) is 23.0. The summed E-state index contributed by atoms with van der Waals surface area (Å²) in [5, 5.41) is 12.9. The lowest BCUT2D eigenvalue weighted by atomic mass is 10.0. The fraction of sp³-hybridized carbons (Fsp3) is 0.423. The Bertz CT molecular complexity index is 2790. The Morgan fingerprint density at radius 2 is 1.75 bits per heavy atom. The van der Waals surface area contributed by atoms with Crippen LogP contribution in [0.5, 0.6) is 5.75 Å². The SMILES string of the molecule is COc1cc(N2CCC(N3CCN(CCCC#Cc4cccc5c4CN(C4CCC(=O)NC4=O)C5=O)CC3)CC2)c(NC(=O)C=CCN(C)C)cc1Nc1ncc(Br)c(Nc2ccccc2P(C)(C)=O)n1. The van der Waals surface area contributed by atoms with Gasteiger partial charge in [-0.2, -0.15) is 4.98 Å². The molecule has 1 aromatic heterocycles. The molecule has 8 rings (SSSR count). The Hall–Kier alpha value is -6.09. The summed E-state index contributed by atoms with van der Waals surface area (Å²) in [6, 6.07) is 16.7. The number of amides is 4. The number of ether oxygens (including phenoxy) is 1. The molecule has 71 heavy (non-hydrogen) atoms. The van der Waals surface area contributed by atoms with Crippen LogP contribution in [0.15, 0.2) is 77.4 Å². The highest BCUT2D eigenvalue weighted by atomic mass is 79.9. The van der Waals surface area contributed by atoms with Crippen LogP contribution < -0.4 is 36.2 Å². The number of fused-ring (bicyclic) bond motifs is 1. The maximum Gasteiger partial charge on any atom is 0.255 e. The van der Waals surface area contributed by atoms with E-state index in [2.05, 4.69) is 68.7 Å². The summed E-state index contributed by atoms with van der Waals surface area (Å²) < 4.78 is 19.7. The van der Waals surface area contributed by atoms with Crippen LogP contribution in [0.3, 0.4) is 0 Å². The van der Waals surface area contributed by atoms with E-state index in [9.17, 15) is 23.7 Å². The van der Waals surface area contributed by atoms with Crippen LogP contribution in [-0.4, -0.2) is 152 Å². The predicted octanol–water partition coefficient (Wildman–Crippen LogP) is 6.22. The Morgan fingerprint density at radius 3 is 2.48 bits per heavy atom. The summed E-state index contributed by atoms with van der Waals surface area (Å²) in [7, 11) is 2.93. The third-order valence-electron chi connectivity index (χ3n) is 13.4. The van der Waals surface area contributed by atoms with E-state index in [4.69, 9.17) is 9.72 Å². The molecule has 4 N–H and O–H groups in total. The molecular formula is C52H63BrN11O6P. The summed E-state index contributed by atoms with van der Waals surface area (Å²) in [5.41, 5.74) is 5.00. The predicted molar refractivity (Wildman–Crippen MR) is 283 cm³/mol. The molecule has 4 aliphatic rings. The second-order valence-corrected chi connectivity index (χ2v) is 23.0. The molecule has 3 saturated heterocycles. The first kappa shape index (κ1) is 51.3. The molecule has 1 unspecified atom stereocenters. The minimum absolute atomic E-state index is 0.188. The lowest BCUT2D eigenvalue weighted by molar-refractivity contribution is -0.137. The summed E-state index contributed by atoms with van der Waals surface area (Å²) in [6.07, 6.45) is 9.22. The molecule has 0 bridgehead atoms. The number of unbranched alkanes of at least 4 members (excludes halogenated alkanes) is 1. The first-order valence-electron chi connectivity index (χ1n) is 24.2. The number of methoxy groups -OCH3 is 1. The van der Waals surface area contributed by atoms with E-state index < -0.39 is 19.1 Å². The van der Waals surface area contributed by atoms with Crippen molar-refractivity contribution in [3.8, 4) is 17.6 Å². The molecule has 5 heterocycles. The fourth-order valence-electron chi connectivity index (χ4n) is 9.63. The number of nitrogens with one attached hydrogen (secondary N) is 4. The van der Waals surface area contributed by atoms with Crippen molar-refractivity contribution in [2.45, 2.75) is 57.2 Å². The number of benzene rings is 3. The van der Waals surface area contributed by atoms with Gasteiger partial charge in [0.1, 0.15) is 24.8 Å². The highest BCUT2D eigenvalue weighted by Crippen LogP contribution is 2.41. The number of piperazine rings is 1. The molecule has 4 aromatic rings. The summed E-state index contributed by atoms with van der Waals surface area (Å²) >= 11 is 3.57. The molecular weight excluding hydrogens is 986 g/mol. The molecule has 17 nitrogen and oxygen atoms in total. The van der Waals surface area contributed by atoms with Crippen LogP contribution in [0.2, 0.25) is 0 Å². The smallest absolute Gasteiger partial charge is 0.255 e. The number of hydrogen-bond acceptors (Lipinski definition) is 14. The van der Waals surface area contributed by atoms with E-state index in [0.717, 1.165) is 88.3 Å². The number of rotatable bonds is 16. The lowest BCUT2D eigenvalue weighted by Crippen LogP contribution is -2.53. The lowest BCUT2D eigenvalue weighted by Gasteiger charge is -2.43. The number of anilines is 6. The van der Waals surface area contributed by atoms with Gasteiger partial charge in [0.2, 0.25) is 23.7 Å². The minimum Gasteiger partial charge on any atom is -0.494 e. The van der Waals surface area contributed by atoms with Crippen molar-refractivity contribution in [3.05, 3.63) is 94.1 Å². The van der Waals surface area contributed by atoms with Crippen molar-refractivity contribution in [2.75, 3.05) is 108 Å². The molecule has 3 aromatic carbocycles. The maximum absolute atomic E-state index is 13.4. The van der Waals surface area contributed by atoms with Crippen molar-refractivity contribution >= 4 is 86.5 Å². The molecule has 3 fully saturated rings. The van der Waals surface area contributed by atoms with Crippen molar-refractivity contribution in [3.63, 3.8) is 0 Å². The monoisotopic (exact) mass is 1050 g/mol. The molecule has 1 atom stereocenters. The number of para-hydroxylation sites is 1. The molecule has 0 aliphatic carbocycles. The van der Waals surface area contributed by atoms with Gasteiger partial charge in [-0.15, -0.1) is 0 Å². The van der Waals surface area contributed by atoms with Crippen molar-refractivity contribution in [2.24, 2.45) is 0 Å². The topological polar surface area (TPSA) is 185 Å². The molecule has 4 amide bonds. The molecule has 0 saturated carbocycles. The zero-order valence-electron chi connectivity index (χ0n) is 41.1. The number of likely N-dealkylation sites (N-methyl/N-ethyl adjacent to an activating group) is 1. The van der Waals surface area contributed by atoms with Crippen LogP contribution in [0.25, 0.3) is 0 Å². The molecule has 374 valence electrons. The summed E-state index contributed by atoms with van der Waals surface area (Å²) in [4.78, 5) is 71.1. The fourth-order valence-corrected chi connectivity index (χ4v) is 11.1. The van der Waals surface area contributed by atoms with Crippen LogP contribution in [0.4, 0.5) is 34.5 Å². The number of carbonyl (C=O) groups excluding carboxylic acids is 4. The standard InChI is InChI=1S/C52H63BrN11O6P/c1-60(2)23-12-18-47(65)55-41-31-42(57-52-54-33-39(53)49(59-52)56-40-16-8-9-17-46(40)71(4,5)69)45(70-3)32-44(41)63-25-21-36(22-26-63)62-29-27-61(28-30-62)24-10-6-7-13-35-14-11-15-37-38(35)34-64(51(37)68)43-19-20-48(66)58-50(43)67/h8-9,11-12,14-18,31-33,36,43H,6,10,19-30,34H2,1-5H3,(H,55,65)(H,58,66,67)(H2,54,56,57,59). The number of nitrogens with zero attached hydrogens (tertiary/aromatic N) is 7. The highest BCUT2D eigenvalue weighted by molar-refractivity contribution is 9.10. The number of hydrogen-bond donors (Lipinski definition) is 4. The van der Waals surface area contributed by atoms with Gasteiger partial charge < -0.3 is 44.9 Å². The number of piperidine rings is 2. The van der Waals surface area contributed by atoms with E-state index in [1.807, 2.05) is 73.6 Å². The Kier molecular flexibility index (Phi) is 16.6. The minimum atomic E-state index is -2.59. The first-order chi connectivity index (χ1) is 34.1. The summed E-state index contributed by atoms with van der Waals surface area (Å²) in [5.74, 6) is 6.84. The van der Waals surface area contributed by atoms with Gasteiger partial charge in [0.15, 0.2) is 0 Å². The third-order valence-corrected chi connectivity index (χ3v) is 15.5. The number of imide groups is 1. The number of aromatic nitrogens is 2. The van der Waals surface area contributed by atoms with E-state index >= 15 is 0 Å². The quantitative estimate of drug-likeness (QED) is 0.0326. The van der Waals surface area contributed by atoms with E-state index in [1.54, 1.807) is 43.7 Å². The van der Waals surface area contributed by atoms with Crippen LogP contribution in [0.1, 0.15) is 60.0 Å². The van der Waals surface area contributed by atoms with Crippen LogP contribution in [0, 0.1) is 11.8 Å². The third kappa shape index (κ3) is 12.7. The van der Waals surface area contributed by atoms with Gasteiger partial charge in [0, 0.05) is 106 Å². The van der Waals surface area contributed by atoms with Gasteiger partial charge in [-0.3, -0.25) is 29.4 Å². The van der Waals surface area contributed by atoms with Crippen molar-refractivity contribution < 1.29 is 28.5 Å². The van der Waals surface area contributed by atoms with Crippen LogP contribution >= 0.6 is 23.1 Å². The Labute approximate surface area is 424 Å². The van der Waals surface area contributed by atoms with Gasteiger partial charge in [-0.05, 0) is 111 Å². The van der Waals surface area contributed by atoms with Gasteiger partial charge in [-0.25, -0.2) is 4.98 Å². The van der Waals surface area contributed by atoms with Gasteiger partial charge in [0.05, 0.1) is 34.3 Å². The zero-order valence-corrected chi connectivity index (χ0v) is 43.6. The second-order valence-electron chi connectivity index (χ2n) is 19.0. The van der Waals surface area contributed by atoms with Crippen molar-refractivity contribution in [1.82, 2.24) is 34.9 Å². The number of halogens is 1. The van der Waals surface area contributed by atoms with E-state index in [0.29, 0.717) is 75.5 Å². The van der Waals surface area contributed by atoms with Crippen LogP contribution in [-0.2, 0) is 25.5 Å². The van der Waals surface area contributed by atoms with Crippen molar-refractivity contribution in [1.29, 1.82) is 0 Å². The zero-order chi connectivity index (χ0) is 50.2. The molecule has 4 aliphatic heterocycles. The Morgan fingerprint density at radius 1 is 0.972 bits per heavy atom. The molecule has 0 radical (unpaired) electrons. The van der Waals surface area contributed by atoms with Gasteiger partial charge in [-0.1, -0.05) is 36.1 Å². The normalized spacial score (nSPS) is 18.1. The Balaban J connectivity index is 0.866. The van der Waals surface area contributed by atoms with E-state index in [-0.39, 0.29) is 24.1 Å². The largest absolute Gasteiger partial charge is 0.494 e. The van der Waals surface area contributed by atoms with E-state index in [1.165, 1.54) is 0 Å². The average Bonchev–Trinajstić information content (AvgIpc) is 3.68. The van der Waals surface area contributed by atoms with Gasteiger partial charge >= 0.3 is 0 Å². The highest BCUT2D eigenvalue weighted by Gasteiger charge is 2.40. The summed E-state index contributed by atoms with van der Waals surface area (Å²) in [6.45, 7) is 11.0. The number of carbonyl (C=O) groups is 4. The maximum atomic E-state index is 13.4. The first-order valence-corrected chi connectivity index (χ1v) is 27.6. The molecule has 19 heteroatoms. The molecule has 0 spiro atoms.